The smallest absolute Gasteiger partial charge is 0.263 e. The minimum atomic E-state index is -0.313. The number of aromatic nitrogens is 4. The Labute approximate surface area is 200 Å². The standard InChI is InChI=1S/C24H25FN6O2S/c1-4-12-30-22(33)18-10-5-6-11-19(18)31-23(30)27-28-24(31)34-15-21(32)26-14-20(29(2)3)16-8-7-9-17(25)13-16/h4-11,13,20H,1,12,14-15H2,2-3H3,(H,26,32). The van der Waals surface area contributed by atoms with E-state index in [1.807, 2.05) is 37.2 Å². The zero-order valence-corrected chi connectivity index (χ0v) is 19.8. The molecule has 4 aromatic rings. The fourth-order valence-electron chi connectivity index (χ4n) is 3.82. The molecule has 1 atom stereocenters. The molecule has 1 N–H and O–H groups in total. The molecule has 1 unspecified atom stereocenters. The number of halogens is 1. The summed E-state index contributed by atoms with van der Waals surface area (Å²) in [6, 6.07) is 13.4. The first-order valence-corrected chi connectivity index (χ1v) is 11.7. The first kappa shape index (κ1) is 23.7. The number of benzene rings is 2. The number of thioether (sulfide) groups is 1. The Hall–Kier alpha value is -3.50. The van der Waals surface area contributed by atoms with Crippen molar-refractivity contribution in [3.05, 3.63) is 82.9 Å². The van der Waals surface area contributed by atoms with Gasteiger partial charge in [0.05, 0.1) is 22.7 Å². The highest BCUT2D eigenvalue weighted by molar-refractivity contribution is 7.99. The lowest BCUT2D eigenvalue weighted by atomic mass is 10.1. The topological polar surface area (TPSA) is 84.5 Å². The number of allylic oxidation sites excluding steroid dienone is 1. The van der Waals surface area contributed by atoms with E-state index in [0.717, 1.165) is 5.56 Å². The van der Waals surface area contributed by atoms with Gasteiger partial charge in [-0.2, -0.15) is 0 Å². The van der Waals surface area contributed by atoms with Crippen LogP contribution in [0.3, 0.4) is 0 Å². The lowest BCUT2D eigenvalue weighted by Gasteiger charge is -2.25. The largest absolute Gasteiger partial charge is 0.353 e. The van der Waals surface area contributed by atoms with E-state index in [9.17, 15) is 14.0 Å². The minimum Gasteiger partial charge on any atom is -0.353 e. The normalized spacial score (nSPS) is 12.4. The van der Waals surface area contributed by atoms with Crippen molar-refractivity contribution in [3.8, 4) is 0 Å². The Morgan fingerprint density at radius 1 is 1.24 bits per heavy atom. The summed E-state index contributed by atoms with van der Waals surface area (Å²) in [5.41, 5.74) is 1.29. The van der Waals surface area contributed by atoms with Gasteiger partial charge in [-0.1, -0.05) is 42.1 Å². The van der Waals surface area contributed by atoms with E-state index in [1.165, 1.54) is 28.5 Å². The van der Waals surface area contributed by atoms with E-state index >= 15 is 0 Å². The van der Waals surface area contributed by atoms with E-state index in [2.05, 4.69) is 22.1 Å². The van der Waals surface area contributed by atoms with Gasteiger partial charge in [-0.05, 0) is 43.9 Å². The summed E-state index contributed by atoms with van der Waals surface area (Å²) in [6.07, 6.45) is 1.63. The molecule has 2 heterocycles. The maximum atomic E-state index is 13.7. The summed E-state index contributed by atoms with van der Waals surface area (Å²) in [5.74, 6) is 0.00464. The van der Waals surface area contributed by atoms with E-state index < -0.39 is 0 Å². The number of likely N-dealkylation sites (N-methyl/N-ethyl adjacent to an activating group) is 1. The average Bonchev–Trinajstić information content (AvgIpc) is 3.24. The highest BCUT2D eigenvalue weighted by Gasteiger charge is 2.19. The molecule has 0 saturated carbocycles. The quantitative estimate of drug-likeness (QED) is 0.293. The Morgan fingerprint density at radius 3 is 2.76 bits per heavy atom. The number of hydrogen-bond acceptors (Lipinski definition) is 6. The van der Waals surface area contributed by atoms with Crippen molar-refractivity contribution in [1.82, 2.24) is 29.4 Å². The van der Waals surface area contributed by atoms with Gasteiger partial charge in [0.15, 0.2) is 5.16 Å². The summed E-state index contributed by atoms with van der Waals surface area (Å²) in [7, 11) is 3.76. The van der Waals surface area contributed by atoms with Crippen molar-refractivity contribution in [2.24, 2.45) is 0 Å². The maximum Gasteiger partial charge on any atom is 0.263 e. The molecular formula is C24H25FN6O2S. The molecule has 0 radical (unpaired) electrons. The Bertz CT molecular complexity index is 1410. The molecule has 4 rings (SSSR count). The second-order valence-electron chi connectivity index (χ2n) is 7.97. The molecule has 8 nitrogen and oxygen atoms in total. The summed E-state index contributed by atoms with van der Waals surface area (Å²) < 4.78 is 16.9. The van der Waals surface area contributed by atoms with Gasteiger partial charge in [-0.25, -0.2) is 4.39 Å². The van der Waals surface area contributed by atoms with Gasteiger partial charge in [0, 0.05) is 13.1 Å². The molecule has 0 aliphatic carbocycles. The Kier molecular flexibility index (Phi) is 7.09. The molecule has 2 aromatic heterocycles. The lowest BCUT2D eigenvalue weighted by molar-refractivity contribution is -0.118. The molecule has 34 heavy (non-hydrogen) atoms. The molecule has 0 bridgehead atoms. The van der Waals surface area contributed by atoms with Crippen LogP contribution in [0.25, 0.3) is 16.7 Å². The van der Waals surface area contributed by atoms with Crippen LogP contribution in [-0.2, 0) is 11.3 Å². The van der Waals surface area contributed by atoms with Gasteiger partial charge in [-0.3, -0.25) is 18.6 Å². The molecule has 0 aliphatic rings. The molecule has 0 fully saturated rings. The van der Waals surface area contributed by atoms with Crippen LogP contribution in [0.2, 0.25) is 0 Å². The third-order valence-corrected chi connectivity index (χ3v) is 6.40. The Balaban J connectivity index is 1.53. The van der Waals surface area contributed by atoms with Crippen LogP contribution >= 0.6 is 11.8 Å². The van der Waals surface area contributed by atoms with Crippen LogP contribution in [0, 0.1) is 5.82 Å². The molecule has 176 valence electrons. The molecule has 1 amide bonds. The number of rotatable bonds is 9. The molecule has 0 spiro atoms. The molecule has 2 aromatic carbocycles. The van der Waals surface area contributed by atoms with Gasteiger partial charge in [0.2, 0.25) is 11.7 Å². The maximum absolute atomic E-state index is 13.7. The second kappa shape index (κ2) is 10.2. The first-order valence-electron chi connectivity index (χ1n) is 10.7. The second-order valence-corrected chi connectivity index (χ2v) is 8.91. The van der Waals surface area contributed by atoms with Crippen molar-refractivity contribution in [3.63, 3.8) is 0 Å². The number of nitrogens with one attached hydrogen (secondary N) is 1. The SMILES string of the molecule is C=CCn1c(=O)c2ccccc2n2c(SCC(=O)NCC(c3cccc(F)c3)N(C)C)nnc12. The summed E-state index contributed by atoms with van der Waals surface area (Å²) in [6.45, 7) is 4.35. The predicted octanol–water partition coefficient (Wildman–Crippen LogP) is 2.88. The number of fused-ring (bicyclic) bond motifs is 3. The highest BCUT2D eigenvalue weighted by Crippen LogP contribution is 2.22. The van der Waals surface area contributed by atoms with Crippen LogP contribution in [0.5, 0.6) is 0 Å². The third-order valence-electron chi connectivity index (χ3n) is 5.47. The summed E-state index contributed by atoms with van der Waals surface area (Å²) in [5, 5.41) is 12.4. The van der Waals surface area contributed by atoms with Gasteiger partial charge >= 0.3 is 0 Å². The fraction of sp³-hybridized carbons (Fsp3) is 0.250. The van der Waals surface area contributed by atoms with Crippen molar-refractivity contribution in [1.29, 1.82) is 0 Å². The van der Waals surface area contributed by atoms with Crippen LogP contribution in [0.15, 0.2) is 71.1 Å². The van der Waals surface area contributed by atoms with Gasteiger partial charge in [-0.15, -0.1) is 16.8 Å². The van der Waals surface area contributed by atoms with Crippen molar-refractivity contribution in [2.45, 2.75) is 17.7 Å². The number of nitrogens with zero attached hydrogens (tertiary/aromatic N) is 5. The van der Waals surface area contributed by atoms with E-state index in [4.69, 9.17) is 0 Å². The van der Waals surface area contributed by atoms with Crippen LogP contribution in [0.4, 0.5) is 4.39 Å². The highest BCUT2D eigenvalue weighted by atomic mass is 32.2. The van der Waals surface area contributed by atoms with Crippen LogP contribution in [0.1, 0.15) is 11.6 Å². The minimum absolute atomic E-state index is 0.110. The van der Waals surface area contributed by atoms with E-state index in [1.54, 1.807) is 28.7 Å². The predicted molar refractivity (Wildman–Crippen MR) is 132 cm³/mol. The molecule has 0 saturated heterocycles. The van der Waals surface area contributed by atoms with Crippen molar-refractivity contribution < 1.29 is 9.18 Å². The monoisotopic (exact) mass is 480 g/mol. The van der Waals surface area contributed by atoms with Gasteiger partial charge < -0.3 is 10.2 Å². The molecule has 10 heteroatoms. The van der Waals surface area contributed by atoms with Crippen LogP contribution in [-0.4, -0.2) is 56.4 Å². The Morgan fingerprint density at radius 2 is 2.03 bits per heavy atom. The fourth-order valence-corrected chi connectivity index (χ4v) is 4.59. The summed E-state index contributed by atoms with van der Waals surface area (Å²) in [4.78, 5) is 27.5. The van der Waals surface area contributed by atoms with E-state index in [-0.39, 0.29) is 29.1 Å². The van der Waals surface area contributed by atoms with Crippen molar-refractivity contribution >= 4 is 34.3 Å². The van der Waals surface area contributed by atoms with Crippen molar-refractivity contribution in [2.75, 3.05) is 26.4 Å². The average molecular weight is 481 g/mol. The van der Waals surface area contributed by atoms with E-state index in [0.29, 0.717) is 34.9 Å². The molecular weight excluding hydrogens is 455 g/mol. The number of hydrogen-bond donors (Lipinski definition) is 1. The first-order chi connectivity index (χ1) is 16.4. The zero-order chi connectivity index (χ0) is 24.2. The lowest BCUT2D eigenvalue weighted by Crippen LogP contribution is -2.35. The van der Waals surface area contributed by atoms with Gasteiger partial charge in [0.1, 0.15) is 5.82 Å². The number of amides is 1. The number of carbonyl (C=O) groups is 1. The molecule has 0 aliphatic heterocycles. The summed E-state index contributed by atoms with van der Waals surface area (Å²) >= 11 is 1.23. The third kappa shape index (κ3) is 4.73. The number of para-hydroxylation sites is 1. The number of carbonyl (C=O) groups excluding carboxylic acids is 1. The van der Waals surface area contributed by atoms with Crippen LogP contribution < -0.4 is 10.9 Å². The van der Waals surface area contributed by atoms with Gasteiger partial charge in [0.25, 0.3) is 5.56 Å². The zero-order valence-electron chi connectivity index (χ0n) is 18.9.